The van der Waals surface area contributed by atoms with Gasteiger partial charge < -0.3 is 10.2 Å². The number of nitriles is 1. The van der Waals surface area contributed by atoms with Crippen molar-refractivity contribution in [3.05, 3.63) is 77.9 Å². The summed E-state index contributed by atoms with van der Waals surface area (Å²) in [4.78, 5) is 0. The molecule has 0 spiro atoms. The summed E-state index contributed by atoms with van der Waals surface area (Å²) < 4.78 is 0. The van der Waals surface area contributed by atoms with Gasteiger partial charge in [-0.25, -0.2) is 0 Å². The number of aromatic hydroxyl groups is 1. The Kier molecular flexibility index (Phi) is 5.78. The summed E-state index contributed by atoms with van der Waals surface area (Å²) in [7, 11) is 0. The van der Waals surface area contributed by atoms with Gasteiger partial charge in [0, 0.05) is 18.4 Å². The summed E-state index contributed by atoms with van der Waals surface area (Å²) in [6, 6.07) is 24.0. The predicted molar refractivity (Wildman–Crippen MR) is 109 cm³/mol. The molecule has 0 aliphatic rings. The van der Waals surface area contributed by atoms with E-state index in [1.807, 2.05) is 43.3 Å². The van der Waals surface area contributed by atoms with Gasteiger partial charge in [0.1, 0.15) is 5.75 Å². The number of aliphatic hydroxyl groups is 1. The topological polar surface area (TPSA) is 64.2 Å². The molecule has 0 bridgehead atoms. The third-order valence-corrected chi connectivity index (χ3v) is 5.63. The van der Waals surface area contributed by atoms with Crippen LogP contribution in [0, 0.1) is 23.2 Å². The molecule has 0 amide bonds. The van der Waals surface area contributed by atoms with Crippen LogP contribution in [0.25, 0.3) is 10.8 Å². The fraction of sp³-hybridized carbons (Fsp3) is 0.292. The minimum Gasteiger partial charge on any atom is -0.508 e. The molecule has 3 rings (SSSR count). The number of aliphatic hydroxyl groups excluding tert-OH is 1. The molecule has 0 fully saturated rings. The summed E-state index contributed by atoms with van der Waals surface area (Å²) in [5.74, 6) is -0.0847. The van der Waals surface area contributed by atoms with E-state index in [4.69, 9.17) is 0 Å². The van der Waals surface area contributed by atoms with Crippen molar-refractivity contribution >= 4 is 10.8 Å². The maximum atomic E-state index is 10.1. The number of rotatable bonds is 6. The first kappa shape index (κ1) is 18.9. The molecule has 3 aromatic carbocycles. The standard InChI is InChI=1S/C24H25NO2/c1-16(14-25)23(15-26)24(18-7-4-3-5-8-18)17(2)21-10-6-9-19-13-20(27)11-12-22(19)21/h3-13,16-17,23-24,26-27H,15H2,1-2H3. The Balaban J connectivity index is 2.14. The zero-order valence-corrected chi connectivity index (χ0v) is 15.7. The van der Waals surface area contributed by atoms with Crippen LogP contribution in [-0.2, 0) is 0 Å². The number of fused-ring (bicyclic) bond motifs is 1. The molecular weight excluding hydrogens is 334 g/mol. The highest BCUT2D eigenvalue weighted by Gasteiger charge is 2.33. The summed E-state index contributed by atoms with van der Waals surface area (Å²) in [6.45, 7) is 4.00. The normalized spacial score (nSPS) is 15.6. The van der Waals surface area contributed by atoms with Crippen LogP contribution in [0.2, 0.25) is 0 Å². The van der Waals surface area contributed by atoms with Crippen molar-refractivity contribution in [2.45, 2.75) is 25.7 Å². The number of hydrogen-bond acceptors (Lipinski definition) is 3. The summed E-state index contributed by atoms with van der Waals surface area (Å²) in [5, 5.41) is 31.5. The van der Waals surface area contributed by atoms with Gasteiger partial charge in [0.05, 0.1) is 6.07 Å². The van der Waals surface area contributed by atoms with Crippen LogP contribution >= 0.6 is 0 Å². The minimum atomic E-state index is -0.262. The Bertz CT molecular complexity index is 946. The Hall–Kier alpha value is -2.83. The van der Waals surface area contributed by atoms with Crippen LogP contribution < -0.4 is 0 Å². The summed E-state index contributed by atoms with van der Waals surface area (Å²) >= 11 is 0. The summed E-state index contributed by atoms with van der Waals surface area (Å²) in [6.07, 6.45) is 0. The molecule has 4 atom stereocenters. The van der Waals surface area contributed by atoms with Crippen LogP contribution in [0.15, 0.2) is 66.7 Å². The molecule has 27 heavy (non-hydrogen) atoms. The third kappa shape index (κ3) is 3.82. The highest BCUT2D eigenvalue weighted by molar-refractivity contribution is 5.87. The van der Waals surface area contributed by atoms with Crippen molar-refractivity contribution < 1.29 is 10.2 Å². The highest BCUT2D eigenvalue weighted by atomic mass is 16.3. The van der Waals surface area contributed by atoms with E-state index in [1.165, 1.54) is 0 Å². The second-order valence-electron chi connectivity index (χ2n) is 7.24. The van der Waals surface area contributed by atoms with Crippen molar-refractivity contribution in [3.63, 3.8) is 0 Å². The van der Waals surface area contributed by atoms with Gasteiger partial charge in [0.2, 0.25) is 0 Å². The second kappa shape index (κ2) is 8.24. The molecule has 0 heterocycles. The Morgan fingerprint density at radius 3 is 2.37 bits per heavy atom. The molecule has 4 unspecified atom stereocenters. The monoisotopic (exact) mass is 359 g/mol. The Labute approximate surface area is 160 Å². The lowest BCUT2D eigenvalue weighted by Gasteiger charge is -2.33. The SMILES string of the molecule is CC(C#N)C(CO)C(c1ccccc1)C(C)c1cccc2cc(O)ccc12. The number of phenolic OH excluding ortho intramolecular Hbond substituents is 1. The molecule has 2 N–H and O–H groups in total. The van der Waals surface area contributed by atoms with Gasteiger partial charge in [0.25, 0.3) is 0 Å². The van der Waals surface area contributed by atoms with E-state index in [0.717, 1.165) is 21.9 Å². The number of nitrogens with zero attached hydrogens (tertiary/aromatic N) is 1. The van der Waals surface area contributed by atoms with E-state index in [1.54, 1.807) is 12.1 Å². The lowest BCUT2D eigenvalue weighted by atomic mass is 9.70. The Morgan fingerprint density at radius 2 is 1.70 bits per heavy atom. The van der Waals surface area contributed by atoms with Gasteiger partial charge in [-0.2, -0.15) is 5.26 Å². The molecular formula is C24H25NO2. The van der Waals surface area contributed by atoms with Crippen molar-refractivity contribution in [3.8, 4) is 11.8 Å². The smallest absolute Gasteiger partial charge is 0.116 e. The molecule has 0 saturated carbocycles. The molecule has 0 saturated heterocycles. The molecule has 0 aromatic heterocycles. The average molecular weight is 359 g/mol. The molecule has 0 aliphatic carbocycles. The lowest BCUT2D eigenvalue weighted by molar-refractivity contribution is 0.167. The first-order valence-electron chi connectivity index (χ1n) is 9.34. The van der Waals surface area contributed by atoms with E-state index in [2.05, 4.69) is 31.2 Å². The molecule has 138 valence electrons. The van der Waals surface area contributed by atoms with Crippen LogP contribution in [0.3, 0.4) is 0 Å². The predicted octanol–water partition coefficient (Wildman–Crippen LogP) is 5.20. The van der Waals surface area contributed by atoms with Crippen LogP contribution in [0.4, 0.5) is 0 Å². The maximum absolute atomic E-state index is 10.1. The van der Waals surface area contributed by atoms with Gasteiger partial charge in [-0.3, -0.25) is 0 Å². The Morgan fingerprint density at radius 1 is 0.963 bits per heavy atom. The fourth-order valence-corrected chi connectivity index (χ4v) is 4.15. The van der Waals surface area contributed by atoms with Gasteiger partial charge in [0.15, 0.2) is 0 Å². The minimum absolute atomic E-state index is 0.00486. The zero-order valence-electron chi connectivity index (χ0n) is 15.7. The fourth-order valence-electron chi connectivity index (χ4n) is 4.15. The van der Waals surface area contributed by atoms with Crippen molar-refractivity contribution in [2.24, 2.45) is 11.8 Å². The van der Waals surface area contributed by atoms with Crippen molar-refractivity contribution in [2.75, 3.05) is 6.61 Å². The van der Waals surface area contributed by atoms with Crippen LogP contribution in [-0.4, -0.2) is 16.8 Å². The largest absolute Gasteiger partial charge is 0.508 e. The second-order valence-corrected chi connectivity index (χ2v) is 7.24. The molecule has 0 aliphatic heterocycles. The first-order valence-corrected chi connectivity index (χ1v) is 9.34. The van der Waals surface area contributed by atoms with Gasteiger partial charge in [-0.1, -0.05) is 61.5 Å². The van der Waals surface area contributed by atoms with Gasteiger partial charge in [-0.05, 0) is 52.8 Å². The number of hydrogen-bond donors (Lipinski definition) is 2. The van der Waals surface area contributed by atoms with E-state index in [9.17, 15) is 15.5 Å². The zero-order chi connectivity index (χ0) is 19.4. The van der Waals surface area contributed by atoms with E-state index >= 15 is 0 Å². The number of benzene rings is 3. The van der Waals surface area contributed by atoms with Crippen molar-refractivity contribution in [1.29, 1.82) is 5.26 Å². The highest BCUT2D eigenvalue weighted by Crippen LogP contribution is 2.43. The van der Waals surface area contributed by atoms with E-state index < -0.39 is 0 Å². The lowest BCUT2D eigenvalue weighted by Crippen LogP contribution is -2.27. The van der Waals surface area contributed by atoms with Crippen molar-refractivity contribution in [1.82, 2.24) is 0 Å². The molecule has 3 aromatic rings. The summed E-state index contributed by atoms with van der Waals surface area (Å²) in [5.41, 5.74) is 2.28. The van der Waals surface area contributed by atoms with Crippen LogP contribution in [0.1, 0.15) is 36.8 Å². The third-order valence-electron chi connectivity index (χ3n) is 5.63. The van der Waals surface area contributed by atoms with Gasteiger partial charge >= 0.3 is 0 Å². The van der Waals surface area contributed by atoms with Crippen LogP contribution in [0.5, 0.6) is 5.75 Å². The van der Waals surface area contributed by atoms with E-state index in [0.29, 0.717) is 0 Å². The molecule has 3 nitrogen and oxygen atoms in total. The average Bonchev–Trinajstić information content (AvgIpc) is 2.70. The van der Waals surface area contributed by atoms with E-state index in [-0.39, 0.29) is 36.0 Å². The van der Waals surface area contributed by atoms with Gasteiger partial charge in [-0.15, -0.1) is 0 Å². The molecule has 3 heteroatoms. The maximum Gasteiger partial charge on any atom is 0.116 e. The first-order chi connectivity index (χ1) is 13.1. The quantitative estimate of drug-likeness (QED) is 0.636. The molecule has 0 radical (unpaired) electrons. The number of phenols is 1.